The van der Waals surface area contributed by atoms with Crippen molar-refractivity contribution < 1.29 is 0 Å². The van der Waals surface area contributed by atoms with Gasteiger partial charge in [-0.3, -0.25) is 0 Å². The van der Waals surface area contributed by atoms with Gasteiger partial charge >= 0.3 is 0 Å². The Labute approximate surface area is 143 Å². The maximum absolute atomic E-state index is 4.42. The summed E-state index contributed by atoms with van der Waals surface area (Å²) in [6, 6.07) is 17.5. The van der Waals surface area contributed by atoms with Gasteiger partial charge in [0.25, 0.3) is 0 Å². The minimum atomic E-state index is 0.193. The molecule has 116 valence electrons. The van der Waals surface area contributed by atoms with E-state index in [1.54, 1.807) is 6.33 Å². The maximum Gasteiger partial charge on any atom is 0.222 e. The Kier molecular flexibility index (Phi) is 3.65. The first-order valence-corrected chi connectivity index (χ1v) is 8.48. The van der Waals surface area contributed by atoms with E-state index in [0.29, 0.717) is 0 Å². The molecule has 4 nitrogen and oxygen atoms in total. The number of aromatic nitrogens is 3. The molecule has 5 heteroatoms. The average molecular weight is 369 g/mol. The minimum absolute atomic E-state index is 0.193. The molecule has 1 aliphatic rings. The third kappa shape index (κ3) is 2.77. The van der Waals surface area contributed by atoms with Crippen LogP contribution in [0.4, 0.5) is 5.95 Å². The van der Waals surface area contributed by atoms with Crippen LogP contribution in [0.2, 0.25) is 0 Å². The monoisotopic (exact) mass is 368 g/mol. The Morgan fingerprint density at radius 1 is 1.13 bits per heavy atom. The highest BCUT2D eigenvalue weighted by Crippen LogP contribution is 2.37. The van der Waals surface area contributed by atoms with Crippen LogP contribution in [0, 0.1) is 6.92 Å². The molecule has 1 aromatic heterocycles. The topological polar surface area (TPSA) is 42.7 Å². The van der Waals surface area contributed by atoms with Crippen molar-refractivity contribution in [2.75, 3.05) is 5.32 Å². The highest BCUT2D eigenvalue weighted by Gasteiger charge is 2.29. The first-order valence-electron chi connectivity index (χ1n) is 7.69. The molecule has 2 heterocycles. The van der Waals surface area contributed by atoms with Crippen molar-refractivity contribution >= 4 is 21.9 Å². The van der Waals surface area contributed by atoms with Gasteiger partial charge in [0.1, 0.15) is 6.33 Å². The van der Waals surface area contributed by atoms with Crippen molar-refractivity contribution in [3.05, 3.63) is 76.0 Å². The van der Waals surface area contributed by atoms with E-state index < -0.39 is 0 Å². The molecule has 3 aromatic rings. The van der Waals surface area contributed by atoms with Crippen molar-refractivity contribution in [3.63, 3.8) is 0 Å². The standard InChI is InChI=1S/C18H17BrN4/c1-12-5-7-13(8-6-12)17-10-16(14-3-2-4-15(19)9-14)22-18-20-11-21-23(17)18/h2-9,11,16-17H,10H2,1H3,(H,20,21,22)/t16-,17-/m0/s1. The van der Waals surface area contributed by atoms with Gasteiger partial charge in [-0.25, -0.2) is 4.68 Å². The van der Waals surface area contributed by atoms with Gasteiger partial charge < -0.3 is 5.32 Å². The molecule has 0 fully saturated rings. The zero-order valence-electron chi connectivity index (χ0n) is 12.8. The summed E-state index contributed by atoms with van der Waals surface area (Å²) in [7, 11) is 0. The summed E-state index contributed by atoms with van der Waals surface area (Å²) in [6.07, 6.45) is 2.56. The van der Waals surface area contributed by atoms with E-state index in [0.717, 1.165) is 16.8 Å². The summed E-state index contributed by atoms with van der Waals surface area (Å²) in [5, 5.41) is 7.92. The van der Waals surface area contributed by atoms with Gasteiger partial charge in [0.2, 0.25) is 5.95 Å². The van der Waals surface area contributed by atoms with Crippen LogP contribution in [0.3, 0.4) is 0 Å². The molecular formula is C18H17BrN4. The molecule has 1 N–H and O–H groups in total. The number of hydrogen-bond acceptors (Lipinski definition) is 3. The zero-order valence-corrected chi connectivity index (χ0v) is 14.4. The van der Waals surface area contributed by atoms with Crippen LogP contribution < -0.4 is 5.32 Å². The first-order chi connectivity index (χ1) is 11.2. The van der Waals surface area contributed by atoms with E-state index in [1.807, 2.05) is 10.7 Å². The van der Waals surface area contributed by atoms with Crippen molar-refractivity contribution in [2.45, 2.75) is 25.4 Å². The molecule has 0 aliphatic carbocycles. The number of anilines is 1. The molecule has 0 spiro atoms. The lowest BCUT2D eigenvalue weighted by atomic mass is 9.93. The molecule has 0 saturated carbocycles. The van der Waals surface area contributed by atoms with Gasteiger partial charge in [0.15, 0.2) is 0 Å². The fourth-order valence-electron chi connectivity index (χ4n) is 3.13. The van der Waals surface area contributed by atoms with Crippen LogP contribution in [0.5, 0.6) is 0 Å². The number of halogens is 1. The second-order valence-corrected chi connectivity index (χ2v) is 6.86. The fraction of sp³-hybridized carbons (Fsp3) is 0.222. The number of benzene rings is 2. The Balaban J connectivity index is 1.73. The molecule has 0 radical (unpaired) electrons. The van der Waals surface area contributed by atoms with E-state index in [2.05, 4.69) is 80.7 Å². The Hall–Kier alpha value is -2.14. The SMILES string of the molecule is Cc1ccc([C@@H]2C[C@@H](c3cccc(Br)c3)Nc3ncnn32)cc1. The van der Waals surface area contributed by atoms with Crippen LogP contribution in [0.1, 0.15) is 35.2 Å². The van der Waals surface area contributed by atoms with Crippen LogP contribution in [0.25, 0.3) is 0 Å². The predicted molar refractivity (Wildman–Crippen MR) is 94.5 cm³/mol. The summed E-state index contributed by atoms with van der Waals surface area (Å²) in [5.74, 6) is 0.826. The van der Waals surface area contributed by atoms with Crippen molar-refractivity contribution in [2.24, 2.45) is 0 Å². The molecule has 0 saturated heterocycles. The number of nitrogens with one attached hydrogen (secondary N) is 1. The second-order valence-electron chi connectivity index (χ2n) is 5.94. The second kappa shape index (κ2) is 5.81. The number of rotatable bonds is 2. The summed E-state index contributed by atoms with van der Waals surface area (Å²) in [6.45, 7) is 2.11. The number of nitrogens with zero attached hydrogens (tertiary/aromatic N) is 3. The molecule has 1 aliphatic heterocycles. The summed E-state index contributed by atoms with van der Waals surface area (Å²) in [5.41, 5.74) is 3.79. The van der Waals surface area contributed by atoms with Gasteiger partial charge in [-0.2, -0.15) is 10.1 Å². The van der Waals surface area contributed by atoms with Crippen molar-refractivity contribution in [3.8, 4) is 0 Å². The normalized spacial score (nSPS) is 19.9. The zero-order chi connectivity index (χ0) is 15.8. The van der Waals surface area contributed by atoms with Crippen LogP contribution in [-0.2, 0) is 0 Å². The Bertz CT molecular complexity index is 825. The molecular weight excluding hydrogens is 352 g/mol. The van der Waals surface area contributed by atoms with Crippen molar-refractivity contribution in [1.82, 2.24) is 14.8 Å². The van der Waals surface area contributed by atoms with Gasteiger partial charge in [0, 0.05) is 4.47 Å². The highest BCUT2D eigenvalue weighted by molar-refractivity contribution is 9.10. The molecule has 2 atom stereocenters. The van der Waals surface area contributed by atoms with E-state index >= 15 is 0 Å². The van der Waals surface area contributed by atoms with Gasteiger partial charge in [0.05, 0.1) is 12.1 Å². The van der Waals surface area contributed by atoms with Crippen molar-refractivity contribution in [1.29, 1.82) is 0 Å². The third-order valence-corrected chi connectivity index (χ3v) is 4.84. The molecule has 0 unspecified atom stereocenters. The molecule has 2 aromatic carbocycles. The third-order valence-electron chi connectivity index (χ3n) is 4.34. The lowest BCUT2D eigenvalue weighted by Crippen LogP contribution is -2.28. The van der Waals surface area contributed by atoms with Gasteiger partial charge in [-0.1, -0.05) is 57.9 Å². The molecule has 0 amide bonds. The molecule has 4 rings (SSSR count). The molecule has 23 heavy (non-hydrogen) atoms. The van der Waals surface area contributed by atoms with Crippen LogP contribution in [-0.4, -0.2) is 14.8 Å². The lowest BCUT2D eigenvalue weighted by molar-refractivity contribution is 0.431. The average Bonchev–Trinajstić information content (AvgIpc) is 3.03. The number of hydrogen-bond donors (Lipinski definition) is 1. The molecule has 0 bridgehead atoms. The van der Waals surface area contributed by atoms with E-state index in [1.165, 1.54) is 16.7 Å². The number of fused-ring (bicyclic) bond motifs is 1. The van der Waals surface area contributed by atoms with Crippen LogP contribution >= 0.6 is 15.9 Å². The smallest absolute Gasteiger partial charge is 0.222 e. The lowest BCUT2D eigenvalue weighted by Gasteiger charge is -2.32. The predicted octanol–water partition coefficient (Wildman–Crippen LogP) is 4.50. The minimum Gasteiger partial charge on any atom is -0.348 e. The van der Waals surface area contributed by atoms with E-state index in [-0.39, 0.29) is 12.1 Å². The van der Waals surface area contributed by atoms with E-state index in [9.17, 15) is 0 Å². The highest BCUT2D eigenvalue weighted by atomic mass is 79.9. The fourth-order valence-corrected chi connectivity index (χ4v) is 3.54. The number of aryl methyl sites for hydroxylation is 1. The van der Waals surface area contributed by atoms with Crippen LogP contribution in [0.15, 0.2) is 59.3 Å². The Morgan fingerprint density at radius 2 is 1.96 bits per heavy atom. The van der Waals surface area contributed by atoms with Gasteiger partial charge in [-0.05, 0) is 36.6 Å². The maximum atomic E-state index is 4.42. The summed E-state index contributed by atoms with van der Waals surface area (Å²) < 4.78 is 3.08. The summed E-state index contributed by atoms with van der Waals surface area (Å²) in [4.78, 5) is 4.38. The van der Waals surface area contributed by atoms with E-state index in [4.69, 9.17) is 0 Å². The Morgan fingerprint density at radius 3 is 2.74 bits per heavy atom. The quantitative estimate of drug-likeness (QED) is 0.724. The van der Waals surface area contributed by atoms with Gasteiger partial charge in [-0.15, -0.1) is 0 Å². The summed E-state index contributed by atoms with van der Waals surface area (Å²) >= 11 is 3.56. The first kappa shape index (κ1) is 14.5. The largest absolute Gasteiger partial charge is 0.348 e.